The van der Waals surface area contributed by atoms with Gasteiger partial charge in [0.15, 0.2) is 0 Å². The van der Waals surface area contributed by atoms with E-state index in [1.54, 1.807) is 0 Å². The highest BCUT2D eigenvalue weighted by Crippen LogP contribution is 2.26. The van der Waals surface area contributed by atoms with Gasteiger partial charge in [-0.1, -0.05) is 0 Å². The molecule has 0 bridgehead atoms. The summed E-state index contributed by atoms with van der Waals surface area (Å²) in [5, 5.41) is 8.97. The van der Waals surface area contributed by atoms with Gasteiger partial charge in [-0.2, -0.15) is 0 Å². The third kappa shape index (κ3) is 2.69. The maximum atomic E-state index is 8.97. The Morgan fingerprint density at radius 2 is 2.13 bits per heavy atom. The molecule has 15 heavy (non-hydrogen) atoms. The van der Waals surface area contributed by atoms with E-state index >= 15 is 0 Å². The zero-order valence-electron chi connectivity index (χ0n) is 9.32. The molecule has 0 amide bonds. The fourth-order valence-corrected chi connectivity index (χ4v) is 2.72. The minimum absolute atomic E-state index is 0.146. The third-order valence-corrected chi connectivity index (χ3v) is 3.73. The van der Waals surface area contributed by atoms with Crippen LogP contribution < -0.4 is 5.73 Å². The Labute approximate surface area is 91.4 Å². The van der Waals surface area contributed by atoms with Gasteiger partial charge in [-0.15, -0.1) is 0 Å². The average molecular weight is 214 g/mol. The monoisotopic (exact) mass is 214 g/mol. The van der Waals surface area contributed by atoms with Crippen LogP contribution in [-0.4, -0.2) is 54.5 Å². The van der Waals surface area contributed by atoms with Crippen LogP contribution in [0.25, 0.3) is 0 Å². The molecule has 4 nitrogen and oxygen atoms in total. The quantitative estimate of drug-likeness (QED) is 0.691. The second-order valence-corrected chi connectivity index (χ2v) is 4.90. The molecule has 1 atom stereocenters. The largest absolute Gasteiger partial charge is 0.396 e. The summed E-state index contributed by atoms with van der Waals surface area (Å²) in [7, 11) is 0. The molecule has 0 radical (unpaired) electrons. The van der Waals surface area contributed by atoms with Crippen molar-refractivity contribution >= 4 is 0 Å². The van der Waals surface area contributed by atoms with E-state index in [9.17, 15) is 0 Å². The van der Waals surface area contributed by atoms with Crippen molar-refractivity contribution in [1.82, 2.24) is 4.90 Å². The molecule has 2 heterocycles. The van der Waals surface area contributed by atoms with Gasteiger partial charge in [0.2, 0.25) is 0 Å². The van der Waals surface area contributed by atoms with Crippen LogP contribution in [0.4, 0.5) is 0 Å². The molecule has 0 aromatic heterocycles. The van der Waals surface area contributed by atoms with Gasteiger partial charge >= 0.3 is 0 Å². The number of aliphatic hydroxyl groups excluding tert-OH is 1. The summed E-state index contributed by atoms with van der Waals surface area (Å²) in [5.41, 5.74) is 6.09. The zero-order chi connectivity index (χ0) is 10.7. The van der Waals surface area contributed by atoms with Gasteiger partial charge in [-0.25, -0.2) is 0 Å². The summed E-state index contributed by atoms with van der Waals surface area (Å²) in [5.74, 6) is 0. The molecular formula is C11H22N2O2. The van der Waals surface area contributed by atoms with Crippen molar-refractivity contribution in [2.24, 2.45) is 5.73 Å². The van der Waals surface area contributed by atoms with Gasteiger partial charge in [-0.05, 0) is 25.7 Å². The van der Waals surface area contributed by atoms with E-state index < -0.39 is 0 Å². The van der Waals surface area contributed by atoms with Crippen molar-refractivity contribution in [3.63, 3.8) is 0 Å². The standard InChI is InChI=1S/C11H22N2O2/c12-11(4-6-14)3-5-13(9-11)10-1-7-15-8-2-10/h10,14H,1-9,12H2. The highest BCUT2D eigenvalue weighted by Gasteiger charge is 2.37. The van der Waals surface area contributed by atoms with Gasteiger partial charge in [0.1, 0.15) is 0 Å². The molecule has 0 aromatic rings. The fourth-order valence-electron chi connectivity index (χ4n) is 2.72. The Hall–Kier alpha value is -0.160. The van der Waals surface area contributed by atoms with Crippen LogP contribution in [0.3, 0.4) is 0 Å². The zero-order valence-corrected chi connectivity index (χ0v) is 9.32. The van der Waals surface area contributed by atoms with E-state index in [0.717, 1.165) is 52.0 Å². The lowest BCUT2D eigenvalue weighted by molar-refractivity contribution is 0.0400. The summed E-state index contributed by atoms with van der Waals surface area (Å²) in [6, 6.07) is 0.655. The van der Waals surface area contributed by atoms with Crippen LogP contribution in [0.1, 0.15) is 25.7 Å². The van der Waals surface area contributed by atoms with E-state index in [4.69, 9.17) is 15.6 Å². The predicted octanol–water partition coefficient (Wildman–Crippen LogP) is -0.0490. The van der Waals surface area contributed by atoms with E-state index in [1.807, 2.05) is 0 Å². The van der Waals surface area contributed by atoms with Gasteiger partial charge < -0.3 is 15.6 Å². The van der Waals surface area contributed by atoms with Crippen molar-refractivity contribution in [3.8, 4) is 0 Å². The number of rotatable bonds is 3. The third-order valence-electron chi connectivity index (χ3n) is 3.73. The Morgan fingerprint density at radius 1 is 1.40 bits per heavy atom. The lowest BCUT2D eigenvalue weighted by Crippen LogP contribution is -2.46. The van der Waals surface area contributed by atoms with Crippen LogP contribution in [-0.2, 0) is 4.74 Å². The smallest absolute Gasteiger partial charge is 0.0480 e. The molecule has 1 unspecified atom stereocenters. The van der Waals surface area contributed by atoms with Gasteiger partial charge in [0, 0.05) is 44.5 Å². The Bertz CT molecular complexity index is 207. The molecule has 2 saturated heterocycles. The second-order valence-electron chi connectivity index (χ2n) is 4.90. The summed E-state index contributed by atoms with van der Waals surface area (Å²) >= 11 is 0. The molecule has 2 aliphatic heterocycles. The average Bonchev–Trinajstić information content (AvgIpc) is 2.63. The number of nitrogens with zero attached hydrogens (tertiary/aromatic N) is 1. The molecular weight excluding hydrogens is 192 g/mol. The summed E-state index contributed by atoms with van der Waals surface area (Å²) in [6.45, 7) is 4.01. The molecule has 4 heteroatoms. The highest BCUT2D eigenvalue weighted by atomic mass is 16.5. The van der Waals surface area contributed by atoms with Crippen LogP contribution >= 0.6 is 0 Å². The Balaban J connectivity index is 1.85. The molecule has 2 rings (SSSR count). The van der Waals surface area contributed by atoms with Crippen LogP contribution in [0.5, 0.6) is 0 Å². The fraction of sp³-hybridized carbons (Fsp3) is 1.00. The number of hydrogen-bond donors (Lipinski definition) is 2. The van der Waals surface area contributed by atoms with E-state index in [1.165, 1.54) is 0 Å². The molecule has 2 aliphatic rings. The first-order valence-corrected chi connectivity index (χ1v) is 5.95. The van der Waals surface area contributed by atoms with E-state index in [-0.39, 0.29) is 12.1 Å². The van der Waals surface area contributed by atoms with Gasteiger partial charge in [0.25, 0.3) is 0 Å². The van der Waals surface area contributed by atoms with Crippen molar-refractivity contribution in [3.05, 3.63) is 0 Å². The maximum Gasteiger partial charge on any atom is 0.0480 e. The number of likely N-dealkylation sites (tertiary alicyclic amines) is 1. The molecule has 0 saturated carbocycles. The topological polar surface area (TPSA) is 58.7 Å². The molecule has 88 valence electrons. The van der Waals surface area contributed by atoms with Crippen molar-refractivity contribution in [1.29, 1.82) is 0 Å². The van der Waals surface area contributed by atoms with Gasteiger partial charge in [-0.3, -0.25) is 4.90 Å². The summed E-state index contributed by atoms with van der Waals surface area (Å²) in [4.78, 5) is 2.48. The first-order valence-electron chi connectivity index (χ1n) is 5.95. The normalized spacial score (nSPS) is 34.8. The lowest BCUT2D eigenvalue weighted by atomic mass is 9.96. The molecule has 0 aliphatic carbocycles. The maximum absolute atomic E-state index is 8.97. The Morgan fingerprint density at radius 3 is 2.80 bits per heavy atom. The summed E-state index contributed by atoms with van der Waals surface area (Å²) < 4.78 is 5.36. The number of nitrogens with two attached hydrogens (primary N) is 1. The van der Waals surface area contributed by atoms with Crippen LogP contribution in [0.2, 0.25) is 0 Å². The van der Waals surface area contributed by atoms with Crippen molar-refractivity contribution in [2.45, 2.75) is 37.3 Å². The summed E-state index contributed by atoms with van der Waals surface area (Å²) in [6.07, 6.45) is 4.02. The number of ether oxygens (including phenoxy) is 1. The number of hydrogen-bond acceptors (Lipinski definition) is 4. The SMILES string of the molecule is NC1(CCO)CCN(C2CCOCC2)C1. The minimum atomic E-state index is -0.146. The van der Waals surface area contributed by atoms with Gasteiger partial charge in [0.05, 0.1) is 0 Å². The van der Waals surface area contributed by atoms with Crippen LogP contribution in [0, 0.1) is 0 Å². The van der Waals surface area contributed by atoms with Crippen molar-refractivity contribution < 1.29 is 9.84 Å². The van der Waals surface area contributed by atoms with E-state index in [0.29, 0.717) is 6.04 Å². The minimum Gasteiger partial charge on any atom is -0.396 e. The second kappa shape index (κ2) is 4.78. The van der Waals surface area contributed by atoms with Crippen LogP contribution in [0.15, 0.2) is 0 Å². The lowest BCUT2D eigenvalue weighted by Gasteiger charge is -2.32. The number of aliphatic hydroxyl groups is 1. The van der Waals surface area contributed by atoms with E-state index in [2.05, 4.69) is 4.90 Å². The molecule has 2 fully saturated rings. The van der Waals surface area contributed by atoms with Crippen molar-refractivity contribution in [2.75, 3.05) is 32.9 Å². The molecule has 0 spiro atoms. The first-order chi connectivity index (χ1) is 7.23. The highest BCUT2D eigenvalue weighted by molar-refractivity contribution is 4.96. The molecule has 3 N–H and O–H groups in total. The molecule has 0 aromatic carbocycles. The first kappa shape index (κ1) is 11.3. The Kier molecular flexibility index (Phi) is 3.61. The predicted molar refractivity (Wildman–Crippen MR) is 58.7 cm³/mol.